The van der Waals surface area contributed by atoms with Crippen molar-refractivity contribution >= 4 is 21.3 Å². The van der Waals surface area contributed by atoms with Crippen LogP contribution in [0.3, 0.4) is 0 Å². The summed E-state index contributed by atoms with van der Waals surface area (Å²) in [5, 5.41) is 0. The zero-order valence-corrected chi connectivity index (χ0v) is 14.3. The van der Waals surface area contributed by atoms with E-state index in [2.05, 4.69) is 24.6 Å². The van der Waals surface area contributed by atoms with E-state index in [0.29, 0.717) is 0 Å². The van der Waals surface area contributed by atoms with Crippen molar-refractivity contribution in [2.24, 2.45) is 5.73 Å². The Morgan fingerprint density at radius 1 is 0.905 bits per heavy atom. The molecule has 0 aromatic carbocycles. The first-order valence-corrected chi connectivity index (χ1v) is 9.08. The van der Waals surface area contributed by atoms with Gasteiger partial charge in [0.1, 0.15) is 11.6 Å². The number of anilines is 2. The predicted molar refractivity (Wildman–Crippen MR) is 84.2 cm³/mol. The molecule has 0 aliphatic heterocycles. The van der Waals surface area contributed by atoms with Gasteiger partial charge in [0.05, 0.1) is 0 Å². The standard InChI is InChI=1S/C15H20N4.ClH.Ru/c16-10-4-1-7-13-19(14-8-2-5-11-17-14)15-9-3-6-12-18-15;;/h2-3,5-6,8-9,11-12H,1,4,7,10,13,16H2;1H;/q;;+1/p-1. The number of rotatable bonds is 7. The number of aromatic nitrogens is 2. The molecule has 0 saturated heterocycles. The number of nitrogens with zero attached hydrogens (tertiary/aromatic N) is 3. The molecule has 0 aliphatic rings. The molecule has 21 heavy (non-hydrogen) atoms. The summed E-state index contributed by atoms with van der Waals surface area (Å²) in [6, 6.07) is 11.9. The molecule has 6 heteroatoms. The molecule has 0 radical (unpaired) electrons. The van der Waals surface area contributed by atoms with Crippen LogP contribution in [0.5, 0.6) is 0 Å². The molecule has 2 aromatic heterocycles. The molecule has 0 saturated carbocycles. The molecule has 0 amide bonds. The minimum atomic E-state index is 0.757. The van der Waals surface area contributed by atoms with E-state index in [1.807, 2.05) is 66.1 Å². The van der Waals surface area contributed by atoms with E-state index < -0.39 is 0 Å². The van der Waals surface area contributed by atoms with Gasteiger partial charge in [-0.25, -0.2) is 9.97 Å². The van der Waals surface area contributed by atoms with Crippen LogP contribution in [-0.2, 0) is 17.3 Å². The molecule has 0 bridgehead atoms. The molecule has 2 rings (SSSR count). The SMILES string of the molecule is NCCCCCN(c1ccccn1)c1ccccn1.[Cl][Ru]. The summed E-state index contributed by atoms with van der Waals surface area (Å²) < 4.78 is 0. The molecular formula is C15H20ClN4Ru. The van der Waals surface area contributed by atoms with Crippen LogP contribution in [0.4, 0.5) is 11.6 Å². The molecule has 0 unspecified atom stereocenters. The van der Waals surface area contributed by atoms with Gasteiger partial charge in [-0.05, 0) is 43.7 Å². The van der Waals surface area contributed by atoms with Crippen LogP contribution in [0.2, 0.25) is 0 Å². The Balaban J connectivity index is 0.00000106. The van der Waals surface area contributed by atoms with Crippen LogP contribution < -0.4 is 10.6 Å². The Labute approximate surface area is 140 Å². The van der Waals surface area contributed by atoms with Gasteiger partial charge in [0, 0.05) is 18.9 Å². The van der Waals surface area contributed by atoms with Crippen LogP contribution in [0.25, 0.3) is 0 Å². The van der Waals surface area contributed by atoms with Gasteiger partial charge in [-0.15, -0.1) is 0 Å². The van der Waals surface area contributed by atoms with E-state index in [0.717, 1.165) is 44.0 Å². The second-order valence-corrected chi connectivity index (χ2v) is 4.38. The number of hydrogen-bond donors (Lipinski definition) is 1. The van der Waals surface area contributed by atoms with Gasteiger partial charge in [0.2, 0.25) is 0 Å². The first-order valence-electron chi connectivity index (χ1n) is 6.85. The van der Waals surface area contributed by atoms with Gasteiger partial charge >= 0.3 is 27.0 Å². The number of halogens is 1. The van der Waals surface area contributed by atoms with Crippen LogP contribution in [0.15, 0.2) is 48.8 Å². The normalized spacial score (nSPS) is 9.67. The maximum absolute atomic E-state index is 5.53. The summed E-state index contributed by atoms with van der Waals surface area (Å²) in [4.78, 5) is 11.0. The molecule has 4 nitrogen and oxygen atoms in total. The first-order chi connectivity index (χ1) is 10.4. The fraction of sp³-hybridized carbons (Fsp3) is 0.333. The quantitative estimate of drug-likeness (QED) is 0.579. The molecule has 2 aromatic rings. The molecule has 0 fully saturated rings. The van der Waals surface area contributed by atoms with E-state index in [1.54, 1.807) is 0 Å². The van der Waals surface area contributed by atoms with Gasteiger partial charge in [-0.1, -0.05) is 18.6 Å². The summed E-state index contributed by atoms with van der Waals surface area (Å²) in [5.41, 5.74) is 5.53. The fourth-order valence-electron chi connectivity index (χ4n) is 1.96. The molecule has 0 aliphatic carbocycles. The first kappa shape index (κ1) is 18.0. The Kier molecular flexibility index (Phi) is 9.97. The Hall–Kier alpha value is -1.03. The van der Waals surface area contributed by atoms with Crippen LogP contribution in [0.1, 0.15) is 19.3 Å². The van der Waals surface area contributed by atoms with Crippen LogP contribution in [0, 0.1) is 0 Å². The van der Waals surface area contributed by atoms with E-state index >= 15 is 0 Å². The summed E-state index contributed by atoms with van der Waals surface area (Å²) in [7, 11) is 4.57. The average molecular weight is 393 g/mol. The zero-order chi connectivity index (χ0) is 15.3. The molecule has 115 valence electrons. The molecule has 2 heterocycles. The van der Waals surface area contributed by atoms with E-state index in [-0.39, 0.29) is 0 Å². The second kappa shape index (κ2) is 11.6. The number of unbranched alkanes of at least 4 members (excludes halogenated alkanes) is 2. The van der Waals surface area contributed by atoms with Crippen molar-refractivity contribution in [3.8, 4) is 0 Å². The predicted octanol–water partition coefficient (Wildman–Crippen LogP) is 3.43. The number of pyridine rings is 2. The monoisotopic (exact) mass is 393 g/mol. The van der Waals surface area contributed by atoms with Gasteiger partial charge < -0.3 is 10.6 Å². The number of hydrogen-bond acceptors (Lipinski definition) is 4. The molecule has 2 N–H and O–H groups in total. The van der Waals surface area contributed by atoms with Crippen molar-refractivity contribution in [3.05, 3.63) is 48.8 Å². The van der Waals surface area contributed by atoms with Crippen molar-refractivity contribution in [2.75, 3.05) is 18.0 Å². The topological polar surface area (TPSA) is 55.0 Å². The van der Waals surface area contributed by atoms with Crippen molar-refractivity contribution in [1.29, 1.82) is 0 Å². The Bertz CT molecular complexity index is 430. The van der Waals surface area contributed by atoms with Crippen molar-refractivity contribution < 1.29 is 17.3 Å². The fourth-order valence-corrected chi connectivity index (χ4v) is 1.96. The van der Waals surface area contributed by atoms with Gasteiger partial charge in [0.25, 0.3) is 0 Å². The molecular weight excluding hydrogens is 373 g/mol. The molecule has 0 atom stereocenters. The van der Waals surface area contributed by atoms with Gasteiger partial charge in [-0.3, -0.25) is 0 Å². The van der Waals surface area contributed by atoms with Crippen molar-refractivity contribution in [1.82, 2.24) is 9.97 Å². The molecule has 0 spiro atoms. The summed E-state index contributed by atoms with van der Waals surface area (Å²) in [5.74, 6) is 1.88. The second-order valence-electron chi connectivity index (χ2n) is 4.38. The summed E-state index contributed by atoms with van der Waals surface area (Å²) >= 11 is 1.82. The van der Waals surface area contributed by atoms with Gasteiger partial charge in [-0.2, -0.15) is 0 Å². The van der Waals surface area contributed by atoms with E-state index in [1.165, 1.54) is 0 Å². The van der Waals surface area contributed by atoms with Crippen molar-refractivity contribution in [3.63, 3.8) is 0 Å². The number of nitrogens with two attached hydrogens (primary N) is 1. The Morgan fingerprint density at radius 2 is 1.48 bits per heavy atom. The summed E-state index contributed by atoms with van der Waals surface area (Å²) in [6.07, 6.45) is 6.91. The maximum atomic E-state index is 5.53. The van der Waals surface area contributed by atoms with Crippen molar-refractivity contribution in [2.45, 2.75) is 19.3 Å². The zero-order valence-electron chi connectivity index (χ0n) is 11.8. The average Bonchev–Trinajstić information content (AvgIpc) is 2.58. The third-order valence-corrected chi connectivity index (χ3v) is 2.94. The van der Waals surface area contributed by atoms with E-state index in [4.69, 9.17) is 5.73 Å². The third-order valence-electron chi connectivity index (χ3n) is 2.94. The minimum absolute atomic E-state index is 0.757. The van der Waals surface area contributed by atoms with Crippen LogP contribution in [-0.4, -0.2) is 23.1 Å². The van der Waals surface area contributed by atoms with E-state index in [9.17, 15) is 0 Å². The third kappa shape index (κ3) is 6.51. The van der Waals surface area contributed by atoms with Gasteiger partial charge in [0.15, 0.2) is 0 Å². The Morgan fingerprint density at radius 3 is 1.90 bits per heavy atom. The van der Waals surface area contributed by atoms with Crippen LogP contribution >= 0.6 is 9.69 Å². The summed E-state index contributed by atoms with van der Waals surface area (Å²) in [6.45, 7) is 1.67.